The molecule has 0 amide bonds. The summed E-state index contributed by atoms with van der Waals surface area (Å²) in [7, 11) is 0. The molecule has 0 bridgehead atoms. The van der Waals surface area contributed by atoms with Gasteiger partial charge in [0.15, 0.2) is 0 Å². The number of hydrogen-bond donors (Lipinski definition) is 1. The third kappa shape index (κ3) is 1.58. The number of para-hydroxylation sites is 1. The Morgan fingerprint density at radius 3 is 2.69 bits per heavy atom. The smallest absolute Gasteiger partial charge is 0.147 e. The highest BCUT2D eigenvalue weighted by molar-refractivity contribution is 5.93. The van der Waals surface area contributed by atoms with Crippen molar-refractivity contribution in [3.63, 3.8) is 0 Å². The molecular weight excluding hydrogens is 201 g/mol. The van der Waals surface area contributed by atoms with Crippen LogP contribution in [0.25, 0.3) is 22.8 Å². The minimum absolute atomic E-state index is 0.332. The van der Waals surface area contributed by atoms with E-state index in [0.717, 1.165) is 16.5 Å². The fraction of sp³-hybridized carbons (Fsp3) is 0. The molecule has 2 rings (SSSR count). The number of aromatic amines is 1. The van der Waals surface area contributed by atoms with Gasteiger partial charge in [-0.15, -0.1) is 0 Å². The summed E-state index contributed by atoms with van der Waals surface area (Å²) in [6, 6.07) is 7.67. The van der Waals surface area contributed by atoms with Crippen LogP contribution in [0.2, 0.25) is 0 Å². The summed E-state index contributed by atoms with van der Waals surface area (Å²) >= 11 is 0. The number of fused-ring (bicyclic) bond motifs is 1. The standard InChI is InChI=1S/C14H12FN/c1-3-7-12(15)14-10(4-2)11-8-5-6-9-13(11)16-14/h3-9,16H,1-2H2/b12-7+. The van der Waals surface area contributed by atoms with Gasteiger partial charge in [-0.25, -0.2) is 4.39 Å². The molecule has 2 aromatic rings. The fourth-order valence-corrected chi connectivity index (χ4v) is 1.75. The van der Waals surface area contributed by atoms with Crippen LogP contribution in [0.15, 0.2) is 49.6 Å². The number of hydrogen-bond acceptors (Lipinski definition) is 0. The van der Waals surface area contributed by atoms with E-state index in [4.69, 9.17) is 0 Å². The number of rotatable bonds is 3. The molecule has 0 spiro atoms. The molecule has 1 heterocycles. The summed E-state index contributed by atoms with van der Waals surface area (Å²) < 4.78 is 13.7. The van der Waals surface area contributed by atoms with Gasteiger partial charge in [-0.3, -0.25) is 0 Å². The molecule has 80 valence electrons. The quantitative estimate of drug-likeness (QED) is 0.731. The Kier molecular flexibility index (Phi) is 2.73. The molecular formula is C14H12FN. The molecule has 0 saturated carbocycles. The van der Waals surface area contributed by atoms with Crippen LogP contribution in [-0.2, 0) is 0 Å². The predicted molar refractivity (Wildman–Crippen MR) is 67.7 cm³/mol. The Morgan fingerprint density at radius 2 is 2.00 bits per heavy atom. The molecule has 0 unspecified atom stereocenters. The first-order valence-corrected chi connectivity index (χ1v) is 4.99. The second kappa shape index (κ2) is 4.19. The Labute approximate surface area is 93.6 Å². The zero-order chi connectivity index (χ0) is 11.5. The van der Waals surface area contributed by atoms with Gasteiger partial charge in [-0.05, 0) is 12.1 Å². The molecule has 2 heteroatoms. The van der Waals surface area contributed by atoms with E-state index in [0.29, 0.717) is 5.69 Å². The van der Waals surface area contributed by atoms with Gasteiger partial charge in [-0.2, -0.15) is 0 Å². The largest absolute Gasteiger partial charge is 0.352 e. The Balaban J connectivity index is 2.74. The van der Waals surface area contributed by atoms with Crippen LogP contribution in [0.4, 0.5) is 4.39 Å². The topological polar surface area (TPSA) is 15.8 Å². The van der Waals surface area contributed by atoms with Gasteiger partial charge < -0.3 is 4.98 Å². The molecule has 0 aliphatic carbocycles. The number of benzene rings is 1. The Morgan fingerprint density at radius 1 is 1.25 bits per heavy atom. The molecule has 0 saturated heterocycles. The summed E-state index contributed by atoms with van der Waals surface area (Å²) in [5.41, 5.74) is 2.14. The van der Waals surface area contributed by atoms with Crippen molar-refractivity contribution in [3.8, 4) is 0 Å². The van der Waals surface area contributed by atoms with Gasteiger partial charge >= 0.3 is 0 Å². The molecule has 0 radical (unpaired) electrons. The van der Waals surface area contributed by atoms with Gasteiger partial charge in [0.1, 0.15) is 5.83 Å². The number of halogens is 1. The maximum Gasteiger partial charge on any atom is 0.147 e. The number of H-pyrrole nitrogens is 1. The summed E-state index contributed by atoms with van der Waals surface area (Å²) in [5.74, 6) is -0.332. The normalized spacial score (nSPS) is 11.7. The molecule has 1 nitrogen and oxygen atoms in total. The van der Waals surface area contributed by atoms with Gasteiger partial charge in [-0.1, -0.05) is 43.5 Å². The lowest BCUT2D eigenvalue weighted by Crippen LogP contribution is -1.80. The predicted octanol–water partition coefficient (Wildman–Crippen LogP) is 4.31. The number of nitrogens with one attached hydrogen (secondary N) is 1. The van der Waals surface area contributed by atoms with Crippen molar-refractivity contribution in [2.24, 2.45) is 0 Å². The molecule has 0 aliphatic heterocycles. The molecule has 0 fully saturated rings. The molecule has 16 heavy (non-hydrogen) atoms. The van der Waals surface area contributed by atoms with Crippen molar-refractivity contribution in [2.75, 3.05) is 0 Å². The fourth-order valence-electron chi connectivity index (χ4n) is 1.75. The van der Waals surface area contributed by atoms with E-state index >= 15 is 0 Å². The van der Waals surface area contributed by atoms with E-state index in [9.17, 15) is 4.39 Å². The molecule has 1 aromatic carbocycles. The maximum absolute atomic E-state index is 13.7. The lowest BCUT2D eigenvalue weighted by Gasteiger charge is -1.95. The van der Waals surface area contributed by atoms with Crippen LogP contribution in [0.3, 0.4) is 0 Å². The van der Waals surface area contributed by atoms with Crippen molar-refractivity contribution in [1.29, 1.82) is 0 Å². The van der Waals surface area contributed by atoms with E-state index in [2.05, 4.69) is 18.1 Å². The zero-order valence-corrected chi connectivity index (χ0v) is 8.83. The SMILES string of the molecule is C=C/C=C(/F)c1[nH]c2ccccc2c1C=C. The van der Waals surface area contributed by atoms with E-state index in [1.54, 1.807) is 6.08 Å². The first-order valence-electron chi connectivity index (χ1n) is 4.99. The molecule has 0 atom stereocenters. The van der Waals surface area contributed by atoms with Gasteiger partial charge in [0.25, 0.3) is 0 Å². The first-order chi connectivity index (χ1) is 7.77. The molecule has 1 N–H and O–H groups in total. The van der Waals surface area contributed by atoms with Gasteiger partial charge in [0.05, 0.1) is 5.69 Å². The van der Waals surface area contributed by atoms with Crippen LogP contribution in [0.5, 0.6) is 0 Å². The third-order valence-corrected chi connectivity index (χ3v) is 2.45. The lowest BCUT2D eigenvalue weighted by molar-refractivity contribution is 0.754. The van der Waals surface area contributed by atoms with Gasteiger partial charge in [0.2, 0.25) is 0 Å². The van der Waals surface area contributed by atoms with Crippen molar-refractivity contribution in [2.45, 2.75) is 0 Å². The first kappa shape index (κ1) is 10.4. The van der Waals surface area contributed by atoms with Crippen LogP contribution in [-0.4, -0.2) is 4.98 Å². The Hall–Kier alpha value is -2.09. The van der Waals surface area contributed by atoms with Crippen LogP contribution in [0, 0.1) is 0 Å². The minimum Gasteiger partial charge on any atom is -0.352 e. The van der Waals surface area contributed by atoms with E-state index < -0.39 is 0 Å². The average Bonchev–Trinajstić information content (AvgIpc) is 2.67. The van der Waals surface area contributed by atoms with Crippen LogP contribution in [0.1, 0.15) is 11.3 Å². The monoisotopic (exact) mass is 213 g/mol. The maximum atomic E-state index is 13.7. The Bertz CT molecular complexity index is 575. The highest BCUT2D eigenvalue weighted by Gasteiger charge is 2.11. The average molecular weight is 213 g/mol. The van der Waals surface area contributed by atoms with Gasteiger partial charge in [0, 0.05) is 16.5 Å². The van der Waals surface area contributed by atoms with E-state index in [1.807, 2.05) is 24.3 Å². The summed E-state index contributed by atoms with van der Waals surface area (Å²) in [5, 5.41) is 0.972. The highest BCUT2D eigenvalue weighted by Crippen LogP contribution is 2.28. The summed E-state index contributed by atoms with van der Waals surface area (Å²) in [4.78, 5) is 3.04. The third-order valence-electron chi connectivity index (χ3n) is 2.45. The van der Waals surface area contributed by atoms with E-state index in [-0.39, 0.29) is 5.83 Å². The lowest BCUT2D eigenvalue weighted by atomic mass is 10.1. The second-order valence-electron chi connectivity index (χ2n) is 3.41. The minimum atomic E-state index is -0.332. The number of allylic oxidation sites excluding steroid dienone is 2. The van der Waals surface area contributed by atoms with Crippen molar-refractivity contribution in [3.05, 3.63) is 60.8 Å². The van der Waals surface area contributed by atoms with Crippen LogP contribution < -0.4 is 0 Å². The van der Waals surface area contributed by atoms with Crippen LogP contribution >= 0.6 is 0 Å². The molecule has 1 aromatic heterocycles. The molecule has 0 aliphatic rings. The van der Waals surface area contributed by atoms with E-state index in [1.165, 1.54) is 12.2 Å². The number of aromatic nitrogens is 1. The van der Waals surface area contributed by atoms with Crippen molar-refractivity contribution in [1.82, 2.24) is 4.98 Å². The van der Waals surface area contributed by atoms with Crippen molar-refractivity contribution < 1.29 is 4.39 Å². The second-order valence-corrected chi connectivity index (χ2v) is 3.41. The summed E-state index contributed by atoms with van der Waals surface area (Å²) in [6.45, 7) is 7.20. The highest BCUT2D eigenvalue weighted by atomic mass is 19.1. The zero-order valence-electron chi connectivity index (χ0n) is 8.83. The van der Waals surface area contributed by atoms with Crippen molar-refractivity contribution >= 4 is 22.8 Å². The summed E-state index contributed by atoms with van der Waals surface area (Å²) in [6.07, 6.45) is 4.41.